The Balaban J connectivity index is 0.000000624. The molecule has 0 unspecified atom stereocenters. The Morgan fingerprint density at radius 3 is 1.96 bits per heavy atom. The molecule has 0 saturated heterocycles. The van der Waals surface area contributed by atoms with Crippen LogP contribution in [0.4, 0.5) is 0 Å². The van der Waals surface area contributed by atoms with Crippen molar-refractivity contribution in [1.29, 1.82) is 0 Å². The molecule has 0 heterocycles. The molecule has 0 N–H and O–H groups in total. The van der Waals surface area contributed by atoms with E-state index in [-0.39, 0.29) is 12.4 Å². The van der Waals surface area contributed by atoms with Gasteiger partial charge in [-0.15, -0.1) is 0 Å². The molecule has 0 amide bonds. The maximum absolute atomic E-state index is 11.0. The number of esters is 1. The van der Waals surface area contributed by atoms with E-state index in [0.717, 1.165) is 0 Å². The van der Waals surface area contributed by atoms with Crippen LogP contribution in [0.1, 0.15) is 48.9 Å². The molecule has 24 heavy (non-hydrogen) atoms. The van der Waals surface area contributed by atoms with Gasteiger partial charge in [-0.05, 0) is 6.42 Å². The molecule has 6 heteroatoms. The average Bonchev–Trinajstić information content (AvgIpc) is 2.55. The first-order valence-electron chi connectivity index (χ1n) is 8.07. The van der Waals surface area contributed by atoms with Gasteiger partial charge in [0.1, 0.15) is 17.2 Å². The van der Waals surface area contributed by atoms with E-state index >= 15 is 0 Å². The normalized spacial score (nSPS) is 12.1. The second-order valence-corrected chi connectivity index (χ2v) is 5.30. The van der Waals surface area contributed by atoms with Gasteiger partial charge in [-0.25, -0.2) is 0 Å². The maximum Gasteiger partial charge on any atom is 0.305 e. The van der Waals surface area contributed by atoms with Gasteiger partial charge in [0.15, 0.2) is 6.29 Å². The lowest BCUT2D eigenvalue weighted by Crippen LogP contribution is -2.05. The number of methoxy groups -OCH3 is 3. The van der Waals surface area contributed by atoms with Crippen molar-refractivity contribution in [1.82, 2.24) is 0 Å². The Labute approximate surface area is 143 Å². The van der Waals surface area contributed by atoms with Gasteiger partial charge in [-0.2, -0.15) is 0 Å². The van der Waals surface area contributed by atoms with Gasteiger partial charge in [-0.3, -0.25) is 9.59 Å². The topological polar surface area (TPSA) is 71.1 Å². The molecule has 0 bridgehead atoms. The molecule has 134 valence electrons. The Kier molecular flexibility index (Phi) is 9.34. The van der Waals surface area contributed by atoms with Crippen LogP contribution < -0.4 is 14.2 Å². The second kappa shape index (κ2) is 11.3. The summed E-state index contributed by atoms with van der Waals surface area (Å²) >= 11 is 0. The van der Waals surface area contributed by atoms with E-state index in [4.69, 9.17) is 14.2 Å². The molecule has 0 spiro atoms. The minimum atomic E-state index is -0.278. The zero-order valence-electron chi connectivity index (χ0n) is 14.6. The Bertz CT molecular complexity index is 493. The Morgan fingerprint density at radius 2 is 1.58 bits per heavy atom. The highest BCUT2D eigenvalue weighted by Gasteiger charge is 2.12. The van der Waals surface area contributed by atoms with Gasteiger partial charge in [0, 0.05) is 18.6 Å². The molecule has 0 radical (unpaired) electrons. The van der Waals surface area contributed by atoms with Crippen LogP contribution in [-0.2, 0) is 9.53 Å². The average molecular weight is 338 g/mol. The van der Waals surface area contributed by atoms with Gasteiger partial charge >= 0.3 is 5.97 Å². The molecule has 1 saturated carbocycles. The molecule has 1 aromatic carbocycles. The third-order valence-corrected chi connectivity index (χ3v) is 3.66. The predicted octanol–water partition coefficient (Wildman–Crippen LogP) is 3.41. The molecule has 0 aliphatic heterocycles. The molecule has 0 atom stereocenters. The van der Waals surface area contributed by atoms with Gasteiger partial charge < -0.3 is 18.9 Å². The van der Waals surface area contributed by atoms with Gasteiger partial charge in [0.05, 0.1) is 33.5 Å². The number of benzene rings is 1. The number of hydrogen-bond acceptors (Lipinski definition) is 6. The third-order valence-electron chi connectivity index (χ3n) is 3.66. The lowest BCUT2D eigenvalue weighted by Gasteiger charge is -2.12. The lowest BCUT2D eigenvalue weighted by atomic mass is 10.0. The predicted molar refractivity (Wildman–Crippen MR) is 90.1 cm³/mol. The summed E-state index contributed by atoms with van der Waals surface area (Å²) in [5.41, 5.74) is 0.330. The maximum atomic E-state index is 11.0. The fourth-order valence-corrected chi connectivity index (χ4v) is 1.87. The molecular weight excluding hydrogens is 312 g/mol. The summed E-state index contributed by atoms with van der Waals surface area (Å²) in [7, 11) is 4.27. The van der Waals surface area contributed by atoms with E-state index in [0.29, 0.717) is 42.1 Å². The fourth-order valence-electron chi connectivity index (χ4n) is 1.87. The highest BCUT2D eigenvalue weighted by Crippen LogP contribution is 2.32. The first-order chi connectivity index (χ1) is 11.7. The van der Waals surface area contributed by atoms with E-state index < -0.39 is 0 Å². The molecule has 2 rings (SSSR count). The van der Waals surface area contributed by atoms with Crippen molar-refractivity contribution in [3.05, 3.63) is 17.7 Å². The van der Waals surface area contributed by atoms with Crippen molar-refractivity contribution in [3.63, 3.8) is 0 Å². The van der Waals surface area contributed by atoms with Crippen LogP contribution >= 0.6 is 0 Å². The monoisotopic (exact) mass is 338 g/mol. The number of carbonyl (C=O) groups excluding carboxylic acids is 2. The molecule has 1 aliphatic carbocycles. The van der Waals surface area contributed by atoms with Crippen molar-refractivity contribution in [2.45, 2.75) is 38.5 Å². The summed E-state index contributed by atoms with van der Waals surface area (Å²) in [6.45, 7) is 0.349. The number of carbonyl (C=O) groups is 2. The standard InChI is InChI=1S/C14H18O6.C4H8/c1-17-12-7-10(8-13(18-2)11(12)9-15)20-6-4-5-14(16)19-3;1-2-4-3-1/h7-9H,4-6H2,1-3H3;1-4H2. The van der Waals surface area contributed by atoms with Crippen molar-refractivity contribution >= 4 is 12.3 Å². The molecule has 1 fully saturated rings. The van der Waals surface area contributed by atoms with Crippen LogP contribution in [0.5, 0.6) is 17.2 Å². The minimum absolute atomic E-state index is 0.278. The SMILES string of the molecule is C1CCC1.COC(=O)CCCOc1cc(OC)c(C=O)c(OC)c1. The molecular formula is C18H26O6. The first kappa shape index (κ1) is 19.8. The van der Waals surface area contributed by atoms with Gasteiger partial charge in [0.2, 0.25) is 0 Å². The lowest BCUT2D eigenvalue weighted by molar-refractivity contribution is -0.140. The van der Waals surface area contributed by atoms with Crippen molar-refractivity contribution in [2.75, 3.05) is 27.9 Å². The number of hydrogen-bond donors (Lipinski definition) is 0. The minimum Gasteiger partial charge on any atom is -0.496 e. The van der Waals surface area contributed by atoms with Crippen molar-refractivity contribution < 1.29 is 28.5 Å². The van der Waals surface area contributed by atoms with E-state index in [9.17, 15) is 9.59 Å². The summed E-state index contributed by atoms with van der Waals surface area (Å²) in [4.78, 5) is 21.9. The van der Waals surface area contributed by atoms with Crippen molar-refractivity contribution in [2.24, 2.45) is 0 Å². The van der Waals surface area contributed by atoms with E-state index in [2.05, 4.69) is 4.74 Å². The largest absolute Gasteiger partial charge is 0.496 e. The highest BCUT2D eigenvalue weighted by molar-refractivity contribution is 5.84. The summed E-state index contributed by atoms with van der Waals surface area (Å²) in [5, 5.41) is 0. The fraction of sp³-hybridized carbons (Fsp3) is 0.556. The molecule has 1 aliphatic rings. The van der Waals surface area contributed by atoms with E-state index in [1.807, 2.05) is 0 Å². The molecule has 6 nitrogen and oxygen atoms in total. The van der Waals surface area contributed by atoms with Crippen LogP contribution in [0.15, 0.2) is 12.1 Å². The van der Waals surface area contributed by atoms with Gasteiger partial charge in [-0.1, -0.05) is 25.7 Å². The first-order valence-corrected chi connectivity index (χ1v) is 8.07. The number of aldehydes is 1. The van der Waals surface area contributed by atoms with Crippen LogP contribution in [0.25, 0.3) is 0 Å². The van der Waals surface area contributed by atoms with Crippen molar-refractivity contribution in [3.8, 4) is 17.2 Å². The van der Waals surface area contributed by atoms with E-state index in [1.54, 1.807) is 12.1 Å². The third kappa shape index (κ3) is 6.48. The van der Waals surface area contributed by atoms with Gasteiger partial charge in [0.25, 0.3) is 0 Å². The summed E-state index contributed by atoms with van der Waals surface area (Å²) in [6, 6.07) is 3.20. The highest BCUT2D eigenvalue weighted by atomic mass is 16.5. The number of ether oxygens (including phenoxy) is 4. The molecule has 0 aromatic heterocycles. The zero-order chi connectivity index (χ0) is 17.8. The second-order valence-electron chi connectivity index (χ2n) is 5.30. The smallest absolute Gasteiger partial charge is 0.305 e. The van der Waals surface area contributed by atoms with Crippen LogP contribution in [0, 0.1) is 0 Å². The van der Waals surface area contributed by atoms with Crippen LogP contribution in [-0.4, -0.2) is 40.2 Å². The summed E-state index contributed by atoms with van der Waals surface area (Å²) in [5.74, 6) is 0.985. The molecule has 1 aromatic rings. The van der Waals surface area contributed by atoms with Crippen LogP contribution in [0.3, 0.4) is 0 Å². The Morgan fingerprint density at radius 1 is 1.04 bits per heavy atom. The zero-order valence-corrected chi connectivity index (χ0v) is 14.6. The van der Waals surface area contributed by atoms with E-state index in [1.165, 1.54) is 47.0 Å². The summed E-state index contributed by atoms with van der Waals surface area (Å²) in [6.07, 6.45) is 7.49. The summed E-state index contributed by atoms with van der Waals surface area (Å²) < 4.78 is 20.3. The Hall–Kier alpha value is -2.24. The number of rotatable bonds is 8. The van der Waals surface area contributed by atoms with Crippen LogP contribution in [0.2, 0.25) is 0 Å². The quantitative estimate of drug-likeness (QED) is 0.411.